The standard InChI is InChI=1S/C16H10F3N3O/c17-16(18,19)10-5-11(12-7-20-22-14(12)6-10)8-1-2-9-4-15(23)21-13(9)3-8/h1-3,5-7H,4H2,(H,20,22)(H,21,23). The summed E-state index contributed by atoms with van der Waals surface area (Å²) in [4.78, 5) is 11.4. The van der Waals surface area contributed by atoms with E-state index in [1.165, 1.54) is 6.20 Å². The van der Waals surface area contributed by atoms with Gasteiger partial charge in [-0.25, -0.2) is 0 Å². The van der Waals surface area contributed by atoms with Crippen LogP contribution in [0.25, 0.3) is 22.0 Å². The number of rotatable bonds is 1. The Morgan fingerprint density at radius 2 is 1.96 bits per heavy atom. The first-order chi connectivity index (χ1) is 10.9. The second kappa shape index (κ2) is 4.58. The summed E-state index contributed by atoms with van der Waals surface area (Å²) in [7, 11) is 0. The van der Waals surface area contributed by atoms with Crippen molar-refractivity contribution in [2.24, 2.45) is 0 Å². The number of aromatic amines is 1. The molecule has 0 spiro atoms. The Morgan fingerprint density at radius 1 is 1.13 bits per heavy atom. The SMILES string of the molecule is O=C1Cc2ccc(-c3cc(C(F)(F)F)cc4[nH]ncc34)cc2N1. The van der Waals surface area contributed by atoms with Crippen molar-refractivity contribution in [3.63, 3.8) is 0 Å². The van der Waals surface area contributed by atoms with E-state index in [1.807, 2.05) is 0 Å². The van der Waals surface area contributed by atoms with E-state index in [2.05, 4.69) is 15.5 Å². The van der Waals surface area contributed by atoms with Crippen LogP contribution in [0.1, 0.15) is 11.1 Å². The quantitative estimate of drug-likeness (QED) is 0.718. The predicted molar refractivity (Wildman–Crippen MR) is 78.9 cm³/mol. The molecule has 1 aliphatic rings. The Hall–Kier alpha value is -2.83. The third kappa shape index (κ3) is 2.25. The van der Waals surface area contributed by atoms with Gasteiger partial charge in [-0.1, -0.05) is 12.1 Å². The van der Waals surface area contributed by atoms with Crippen LogP contribution in [0.2, 0.25) is 0 Å². The van der Waals surface area contributed by atoms with Gasteiger partial charge in [-0.05, 0) is 34.9 Å². The van der Waals surface area contributed by atoms with E-state index in [-0.39, 0.29) is 5.91 Å². The number of hydrogen-bond acceptors (Lipinski definition) is 2. The maximum absolute atomic E-state index is 13.1. The van der Waals surface area contributed by atoms with Gasteiger partial charge in [0.1, 0.15) is 0 Å². The van der Waals surface area contributed by atoms with Crippen LogP contribution in [0, 0.1) is 0 Å². The first-order valence-electron chi connectivity index (χ1n) is 6.89. The highest BCUT2D eigenvalue weighted by Crippen LogP contribution is 2.38. The van der Waals surface area contributed by atoms with Crippen molar-refractivity contribution in [1.82, 2.24) is 10.2 Å². The van der Waals surface area contributed by atoms with E-state index in [0.717, 1.165) is 17.7 Å². The average Bonchev–Trinajstić information content (AvgIpc) is 3.08. The van der Waals surface area contributed by atoms with Gasteiger partial charge in [0.2, 0.25) is 5.91 Å². The molecule has 7 heteroatoms. The van der Waals surface area contributed by atoms with Gasteiger partial charge in [-0.3, -0.25) is 9.89 Å². The molecule has 116 valence electrons. The van der Waals surface area contributed by atoms with E-state index in [9.17, 15) is 18.0 Å². The number of alkyl halides is 3. The van der Waals surface area contributed by atoms with Crippen molar-refractivity contribution >= 4 is 22.5 Å². The van der Waals surface area contributed by atoms with Crippen LogP contribution in [0.15, 0.2) is 36.5 Å². The highest BCUT2D eigenvalue weighted by atomic mass is 19.4. The number of carbonyl (C=O) groups excluding carboxylic acids is 1. The minimum atomic E-state index is -4.45. The topological polar surface area (TPSA) is 57.8 Å². The van der Waals surface area contributed by atoms with E-state index in [0.29, 0.717) is 34.1 Å². The molecule has 0 bridgehead atoms. The molecule has 1 aliphatic heterocycles. The lowest BCUT2D eigenvalue weighted by molar-refractivity contribution is -0.137. The second-order valence-electron chi connectivity index (χ2n) is 5.45. The van der Waals surface area contributed by atoms with Crippen molar-refractivity contribution in [2.45, 2.75) is 12.6 Å². The number of amides is 1. The van der Waals surface area contributed by atoms with Crippen molar-refractivity contribution in [3.8, 4) is 11.1 Å². The van der Waals surface area contributed by atoms with Crippen LogP contribution in [-0.4, -0.2) is 16.1 Å². The Labute approximate surface area is 128 Å². The Kier molecular flexibility index (Phi) is 2.75. The smallest absolute Gasteiger partial charge is 0.326 e. The highest BCUT2D eigenvalue weighted by molar-refractivity contribution is 6.01. The number of benzene rings is 2. The zero-order valence-corrected chi connectivity index (χ0v) is 11.7. The van der Waals surface area contributed by atoms with Crippen molar-refractivity contribution in [1.29, 1.82) is 0 Å². The highest BCUT2D eigenvalue weighted by Gasteiger charge is 2.32. The van der Waals surface area contributed by atoms with Crippen molar-refractivity contribution in [3.05, 3.63) is 47.7 Å². The number of nitrogens with one attached hydrogen (secondary N) is 2. The maximum Gasteiger partial charge on any atom is 0.416 e. The molecular formula is C16H10F3N3O. The van der Waals surface area contributed by atoms with Gasteiger partial charge in [-0.2, -0.15) is 18.3 Å². The molecule has 0 fully saturated rings. The van der Waals surface area contributed by atoms with Crippen LogP contribution >= 0.6 is 0 Å². The summed E-state index contributed by atoms with van der Waals surface area (Å²) in [6, 6.07) is 7.33. The molecular weight excluding hydrogens is 307 g/mol. The molecule has 0 aliphatic carbocycles. The van der Waals surface area contributed by atoms with E-state index in [4.69, 9.17) is 0 Å². The summed E-state index contributed by atoms with van der Waals surface area (Å²) >= 11 is 0. The largest absolute Gasteiger partial charge is 0.416 e. The monoisotopic (exact) mass is 317 g/mol. The molecule has 1 aromatic heterocycles. The molecule has 0 saturated carbocycles. The number of aromatic nitrogens is 2. The van der Waals surface area contributed by atoms with Gasteiger partial charge in [0.25, 0.3) is 0 Å². The maximum atomic E-state index is 13.1. The molecule has 3 aromatic rings. The zero-order valence-electron chi connectivity index (χ0n) is 11.7. The third-order valence-electron chi connectivity index (χ3n) is 3.93. The zero-order chi connectivity index (χ0) is 16.2. The van der Waals surface area contributed by atoms with Crippen LogP contribution in [0.4, 0.5) is 18.9 Å². The third-order valence-corrected chi connectivity index (χ3v) is 3.93. The lowest BCUT2D eigenvalue weighted by atomic mass is 9.97. The van der Waals surface area contributed by atoms with Gasteiger partial charge >= 0.3 is 6.18 Å². The van der Waals surface area contributed by atoms with Crippen molar-refractivity contribution < 1.29 is 18.0 Å². The molecule has 2 aromatic carbocycles. The van der Waals surface area contributed by atoms with Crippen LogP contribution < -0.4 is 5.32 Å². The van der Waals surface area contributed by atoms with E-state index >= 15 is 0 Å². The van der Waals surface area contributed by atoms with Gasteiger partial charge in [0.05, 0.1) is 23.7 Å². The normalized spacial score (nSPS) is 14.1. The fourth-order valence-corrected chi connectivity index (χ4v) is 2.84. The number of H-pyrrole nitrogens is 1. The van der Waals surface area contributed by atoms with Crippen LogP contribution in [0.3, 0.4) is 0 Å². The number of anilines is 1. The van der Waals surface area contributed by atoms with Gasteiger partial charge in [0.15, 0.2) is 0 Å². The van der Waals surface area contributed by atoms with Crippen LogP contribution in [-0.2, 0) is 17.4 Å². The fraction of sp³-hybridized carbons (Fsp3) is 0.125. The molecule has 2 heterocycles. The summed E-state index contributed by atoms with van der Waals surface area (Å²) in [6.07, 6.45) is -2.66. The Bertz CT molecular complexity index is 943. The summed E-state index contributed by atoms with van der Waals surface area (Å²) < 4.78 is 39.3. The van der Waals surface area contributed by atoms with Gasteiger partial charge < -0.3 is 5.32 Å². The molecule has 1 amide bonds. The molecule has 0 saturated heterocycles. The van der Waals surface area contributed by atoms with E-state index in [1.54, 1.807) is 18.2 Å². The van der Waals surface area contributed by atoms with E-state index < -0.39 is 11.7 Å². The number of nitrogens with zero attached hydrogens (tertiary/aromatic N) is 1. The minimum Gasteiger partial charge on any atom is -0.326 e. The summed E-state index contributed by atoms with van der Waals surface area (Å²) in [6.45, 7) is 0. The molecule has 0 unspecified atom stereocenters. The van der Waals surface area contributed by atoms with Crippen LogP contribution in [0.5, 0.6) is 0 Å². The van der Waals surface area contributed by atoms with Gasteiger partial charge in [0, 0.05) is 11.1 Å². The molecule has 4 nitrogen and oxygen atoms in total. The Balaban J connectivity index is 1.93. The number of fused-ring (bicyclic) bond motifs is 2. The number of halogens is 3. The lowest BCUT2D eigenvalue weighted by Gasteiger charge is -2.11. The minimum absolute atomic E-state index is 0.116. The Morgan fingerprint density at radius 3 is 2.74 bits per heavy atom. The lowest BCUT2D eigenvalue weighted by Crippen LogP contribution is -2.05. The summed E-state index contributed by atoms with van der Waals surface area (Å²) in [5.41, 5.74) is 2.08. The molecule has 2 N–H and O–H groups in total. The fourth-order valence-electron chi connectivity index (χ4n) is 2.84. The number of hydrogen-bond donors (Lipinski definition) is 2. The molecule has 23 heavy (non-hydrogen) atoms. The van der Waals surface area contributed by atoms with Gasteiger partial charge in [-0.15, -0.1) is 0 Å². The molecule has 4 rings (SSSR count). The molecule has 0 radical (unpaired) electrons. The molecule has 0 atom stereocenters. The van der Waals surface area contributed by atoms with Crippen molar-refractivity contribution in [2.75, 3.05) is 5.32 Å². The predicted octanol–water partition coefficient (Wildman–Crippen LogP) is 3.74. The first-order valence-corrected chi connectivity index (χ1v) is 6.89. The number of carbonyl (C=O) groups is 1. The average molecular weight is 317 g/mol. The first kappa shape index (κ1) is 13.8. The summed E-state index contributed by atoms with van der Waals surface area (Å²) in [5, 5.41) is 9.72. The summed E-state index contributed by atoms with van der Waals surface area (Å²) in [5.74, 6) is -0.116. The second-order valence-corrected chi connectivity index (χ2v) is 5.45.